The number of carbonyl (C=O) groups excluding carboxylic acids is 3. The third-order valence-corrected chi connectivity index (χ3v) is 3.57. The molecule has 2 rings (SSSR count). The van der Waals surface area contributed by atoms with Crippen LogP contribution in [0.3, 0.4) is 0 Å². The van der Waals surface area contributed by atoms with Gasteiger partial charge in [-0.1, -0.05) is 12.1 Å². The number of amides is 1. The molecule has 6 nitrogen and oxygen atoms in total. The second-order valence-corrected chi connectivity index (χ2v) is 5.29. The molecule has 0 fully saturated rings. The Hall–Kier alpha value is -3.15. The van der Waals surface area contributed by atoms with Crippen LogP contribution in [0, 0.1) is 0 Å². The van der Waals surface area contributed by atoms with Crippen molar-refractivity contribution in [3.63, 3.8) is 0 Å². The first kappa shape index (κ1) is 18.2. The molecule has 0 saturated carbocycles. The van der Waals surface area contributed by atoms with Gasteiger partial charge in [-0.05, 0) is 42.0 Å². The molecule has 0 saturated heterocycles. The highest BCUT2D eigenvalue weighted by Crippen LogP contribution is 2.13. The molecule has 0 radical (unpaired) electrons. The van der Waals surface area contributed by atoms with Gasteiger partial charge in [0.25, 0.3) is 5.91 Å². The summed E-state index contributed by atoms with van der Waals surface area (Å²) in [6.07, 6.45) is -0.476. The van der Waals surface area contributed by atoms with Crippen LogP contribution in [0.2, 0.25) is 0 Å². The molecule has 0 bridgehead atoms. The zero-order valence-corrected chi connectivity index (χ0v) is 14.1. The number of hydrogen-bond acceptors (Lipinski definition) is 5. The van der Waals surface area contributed by atoms with Crippen molar-refractivity contribution in [1.82, 2.24) is 5.32 Å². The average molecular weight is 341 g/mol. The van der Waals surface area contributed by atoms with Crippen molar-refractivity contribution in [3.05, 3.63) is 59.7 Å². The monoisotopic (exact) mass is 341 g/mol. The van der Waals surface area contributed by atoms with Crippen molar-refractivity contribution < 1.29 is 23.9 Å². The molecule has 0 aliphatic carbocycles. The van der Waals surface area contributed by atoms with Crippen LogP contribution in [-0.4, -0.2) is 31.7 Å². The second kappa shape index (κ2) is 8.63. The maximum absolute atomic E-state index is 12.1. The first-order valence-electron chi connectivity index (χ1n) is 7.64. The molecule has 0 spiro atoms. The number of carbonyl (C=O) groups is 3. The van der Waals surface area contributed by atoms with E-state index in [1.54, 1.807) is 55.6 Å². The minimum absolute atomic E-state index is 0.179. The number of methoxy groups -OCH3 is 2. The Bertz CT molecular complexity index is 768. The van der Waals surface area contributed by atoms with Gasteiger partial charge in [-0.15, -0.1) is 0 Å². The van der Waals surface area contributed by atoms with Crippen LogP contribution in [0.25, 0.3) is 0 Å². The Morgan fingerprint density at radius 2 is 1.60 bits per heavy atom. The van der Waals surface area contributed by atoms with Crippen LogP contribution in [0.1, 0.15) is 22.3 Å². The molecule has 0 heterocycles. The molecule has 0 unspecified atom stereocenters. The van der Waals surface area contributed by atoms with Crippen LogP contribution in [0.5, 0.6) is 11.5 Å². The van der Waals surface area contributed by atoms with E-state index < -0.39 is 23.9 Å². The van der Waals surface area contributed by atoms with E-state index in [0.717, 1.165) is 5.56 Å². The normalized spacial score (nSPS) is 10.0. The summed E-state index contributed by atoms with van der Waals surface area (Å²) in [4.78, 5) is 35.8. The predicted molar refractivity (Wildman–Crippen MR) is 91.8 cm³/mol. The molecule has 1 amide bonds. The van der Waals surface area contributed by atoms with E-state index in [1.807, 2.05) is 0 Å². The Kier molecular flexibility index (Phi) is 6.28. The summed E-state index contributed by atoms with van der Waals surface area (Å²) in [5.74, 6) is -0.704. The highest BCUT2D eigenvalue weighted by Gasteiger charge is 2.18. The lowest BCUT2D eigenvalue weighted by molar-refractivity contribution is -0.137. The number of ether oxygens (including phenoxy) is 2. The maximum atomic E-state index is 12.1. The molecule has 0 aliphatic heterocycles. The van der Waals surface area contributed by atoms with Crippen molar-refractivity contribution in [2.45, 2.75) is 13.0 Å². The SMILES string of the molecule is COc1ccc(C(=O)CC(=O)C(=O)NCc2cccc(OC)c2)cc1. The third kappa shape index (κ3) is 5.17. The fourth-order valence-corrected chi connectivity index (χ4v) is 2.17. The van der Waals surface area contributed by atoms with Crippen molar-refractivity contribution in [2.24, 2.45) is 0 Å². The van der Waals surface area contributed by atoms with Crippen molar-refractivity contribution in [2.75, 3.05) is 14.2 Å². The number of ketones is 2. The van der Waals surface area contributed by atoms with Gasteiger partial charge in [0.15, 0.2) is 5.78 Å². The molecule has 2 aromatic carbocycles. The topological polar surface area (TPSA) is 81.7 Å². The smallest absolute Gasteiger partial charge is 0.288 e. The van der Waals surface area contributed by atoms with E-state index in [1.165, 1.54) is 7.11 Å². The molecule has 25 heavy (non-hydrogen) atoms. The van der Waals surface area contributed by atoms with Crippen LogP contribution in [0.4, 0.5) is 0 Å². The molecular weight excluding hydrogens is 322 g/mol. The average Bonchev–Trinajstić information content (AvgIpc) is 2.66. The van der Waals surface area contributed by atoms with Crippen molar-refractivity contribution in [1.29, 1.82) is 0 Å². The number of Topliss-reactive ketones (excluding diaryl/α,β-unsaturated/α-hetero) is 2. The minimum Gasteiger partial charge on any atom is -0.497 e. The molecule has 1 N–H and O–H groups in total. The Balaban J connectivity index is 1.88. The molecular formula is C19H19NO5. The van der Waals surface area contributed by atoms with Crippen LogP contribution >= 0.6 is 0 Å². The fraction of sp³-hybridized carbons (Fsp3) is 0.211. The van der Waals surface area contributed by atoms with E-state index in [2.05, 4.69) is 5.32 Å². The largest absolute Gasteiger partial charge is 0.497 e. The summed E-state index contributed by atoms with van der Waals surface area (Å²) in [6, 6.07) is 13.5. The van der Waals surface area contributed by atoms with Crippen molar-refractivity contribution >= 4 is 17.5 Å². The van der Waals surface area contributed by atoms with E-state index in [0.29, 0.717) is 17.1 Å². The van der Waals surface area contributed by atoms with Gasteiger partial charge in [0, 0.05) is 12.1 Å². The van der Waals surface area contributed by atoms with Crippen molar-refractivity contribution in [3.8, 4) is 11.5 Å². The molecule has 0 aliphatic rings. The lowest BCUT2D eigenvalue weighted by Gasteiger charge is -2.06. The van der Waals surface area contributed by atoms with E-state index in [9.17, 15) is 14.4 Å². The number of rotatable bonds is 8. The van der Waals surface area contributed by atoms with Crippen LogP contribution in [0.15, 0.2) is 48.5 Å². The highest BCUT2D eigenvalue weighted by molar-refractivity contribution is 6.40. The third-order valence-electron chi connectivity index (χ3n) is 3.57. The lowest BCUT2D eigenvalue weighted by atomic mass is 10.1. The summed E-state index contributed by atoms with van der Waals surface area (Å²) < 4.78 is 10.1. The molecule has 130 valence electrons. The highest BCUT2D eigenvalue weighted by atomic mass is 16.5. The van der Waals surface area contributed by atoms with Crippen LogP contribution < -0.4 is 14.8 Å². The number of benzene rings is 2. The van der Waals surface area contributed by atoms with Gasteiger partial charge in [0.1, 0.15) is 11.5 Å². The quantitative estimate of drug-likeness (QED) is 0.452. The Labute approximate surface area is 145 Å². The summed E-state index contributed by atoms with van der Waals surface area (Å²) in [5, 5.41) is 2.51. The van der Waals surface area contributed by atoms with E-state index in [4.69, 9.17) is 9.47 Å². The summed E-state index contributed by atoms with van der Waals surface area (Å²) in [7, 11) is 3.07. The zero-order valence-electron chi connectivity index (χ0n) is 14.1. The predicted octanol–water partition coefficient (Wildman–Crippen LogP) is 2.16. The fourth-order valence-electron chi connectivity index (χ4n) is 2.17. The molecule has 0 atom stereocenters. The number of hydrogen-bond donors (Lipinski definition) is 1. The lowest BCUT2D eigenvalue weighted by Crippen LogP contribution is -2.31. The second-order valence-electron chi connectivity index (χ2n) is 5.29. The zero-order chi connectivity index (χ0) is 18.2. The molecule has 0 aromatic heterocycles. The van der Waals surface area contributed by atoms with Gasteiger partial charge in [-0.3, -0.25) is 14.4 Å². The van der Waals surface area contributed by atoms with E-state index in [-0.39, 0.29) is 6.54 Å². The van der Waals surface area contributed by atoms with Gasteiger partial charge in [0.2, 0.25) is 5.78 Å². The van der Waals surface area contributed by atoms with Gasteiger partial charge in [0.05, 0.1) is 20.6 Å². The van der Waals surface area contributed by atoms with Crippen LogP contribution in [-0.2, 0) is 16.1 Å². The molecule has 6 heteroatoms. The number of nitrogens with one attached hydrogen (secondary N) is 1. The minimum atomic E-state index is -0.787. The van der Waals surface area contributed by atoms with E-state index >= 15 is 0 Å². The van der Waals surface area contributed by atoms with Gasteiger partial charge < -0.3 is 14.8 Å². The van der Waals surface area contributed by atoms with Gasteiger partial charge in [-0.2, -0.15) is 0 Å². The maximum Gasteiger partial charge on any atom is 0.288 e. The summed E-state index contributed by atoms with van der Waals surface area (Å²) >= 11 is 0. The van der Waals surface area contributed by atoms with Gasteiger partial charge >= 0.3 is 0 Å². The summed E-state index contributed by atoms with van der Waals surface area (Å²) in [6.45, 7) is 0.179. The Morgan fingerprint density at radius 1 is 0.920 bits per heavy atom. The Morgan fingerprint density at radius 3 is 2.24 bits per heavy atom. The summed E-state index contributed by atoms with van der Waals surface area (Å²) in [5.41, 5.74) is 1.15. The standard InChI is InChI=1S/C19H19NO5/c1-24-15-8-6-14(7-9-15)17(21)11-18(22)19(23)20-12-13-4-3-5-16(10-13)25-2/h3-10H,11-12H2,1-2H3,(H,20,23). The molecule has 2 aromatic rings. The first-order valence-corrected chi connectivity index (χ1v) is 7.64. The first-order chi connectivity index (χ1) is 12.0. The van der Waals surface area contributed by atoms with Gasteiger partial charge in [-0.25, -0.2) is 0 Å².